The van der Waals surface area contributed by atoms with Crippen LogP contribution in [0.4, 0.5) is 22.7 Å². The fourth-order valence-corrected chi connectivity index (χ4v) is 7.33. The molecule has 0 radical (unpaired) electrons. The fraction of sp³-hybridized carbons (Fsp3) is 0. The Labute approximate surface area is 334 Å². The number of pyridine rings is 2. The topological polar surface area (TPSA) is 264 Å². The number of benzene rings is 4. The van der Waals surface area contributed by atoms with Gasteiger partial charge in [0.15, 0.2) is 0 Å². The molecule has 51 heavy (non-hydrogen) atoms. The minimum atomic E-state index is -4.74. The summed E-state index contributed by atoms with van der Waals surface area (Å²) in [7, 11) is -13.5. The van der Waals surface area contributed by atoms with Crippen LogP contribution in [0.2, 0.25) is 0 Å². The monoisotopic (exact) mass is 764 g/mol. The van der Waals surface area contributed by atoms with Gasteiger partial charge in [-0.15, -0.1) is 0 Å². The second-order valence-electron chi connectivity index (χ2n) is 10.1. The fourth-order valence-electron chi connectivity index (χ4n) is 4.67. The zero-order valence-electron chi connectivity index (χ0n) is 26.3. The summed E-state index contributed by atoms with van der Waals surface area (Å²) in [6.45, 7) is 0. The largest absolute Gasteiger partial charge is 1.00 e. The smallest absolute Gasteiger partial charge is 0.869 e. The number of hydrogen-bond donors (Lipinski definition) is 2. The van der Waals surface area contributed by atoms with Crippen LogP contribution in [0.1, 0.15) is 0 Å². The first kappa shape index (κ1) is 40.0. The maximum Gasteiger partial charge on any atom is 1.00 e. The molecule has 6 aromatic rings. The predicted molar refractivity (Wildman–Crippen MR) is 169 cm³/mol. The summed E-state index contributed by atoms with van der Waals surface area (Å²) in [5.74, 6) is -1.47. The molecule has 0 saturated heterocycles. The third-order valence-electron chi connectivity index (χ3n) is 6.97. The summed E-state index contributed by atoms with van der Waals surface area (Å²) in [6.07, 6.45) is 2.54. The van der Waals surface area contributed by atoms with E-state index in [1.807, 2.05) is 0 Å². The third kappa shape index (κ3) is 8.34. The second-order valence-corrected chi connectivity index (χ2v) is 14.8. The van der Waals surface area contributed by atoms with Crippen LogP contribution < -0.4 is 69.3 Å². The van der Waals surface area contributed by atoms with Crippen molar-refractivity contribution in [2.75, 3.05) is 0 Å². The van der Waals surface area contributed by atoms with E-state index < -0.39 is 62.7 Å². The molecular formula is C30H18N6Na2O10S3. The van der Waals surface area contributed by atoms with Crippen molar-refractivity contribution in [3.63, 3.8) is 0 Å². The average Bonchev–Trinajstić information content (AvgIpc) is 3.07. The van der Waals surface area contributed by atoms with Crippen LogP contribution in [0.5, 0.6) is 11.5 Å². The Morgan fingerprint density at radius 2 is 0.882 bits per heavy atom. The molecule has 0 amide bonds. The molecule has 2 heterocycles. The van der Waals surface area contributed by atoms with Gasteiger partial charge in [0.05, 0.1) is 43.6 Å². The first-order chi connectivity index (χ1) is 23.1. The van der Waals surface area contributed by atoms with E-state index in [0.717, 1.165) is 12.1 Å². The number of nitrogens with zero attached hydrogens (tertiary/aromatic N) is 6. The SMILES string of the molecule is O=S(=O)(O)c1cc(N=Nc2ccc(S(=O)(=O)c3ccc(N=Nc4cc(S(=O)(=O)O)c5cccnc5c4[O-])cc3)cc2)c([O-])c2ncccc12.[Na+].[Na+]. The van der Waals surface area contributed by atoms with E-state index in [1.165, 1.54) is 85.2 Å². The molecule has 0 unspecified atom stereocenters. The molecule has 4 aromatic carbocycles. The van der Waals surface area contributed by atoms with Crippen LogP contribution in [0.15, 0.2) is 137 Å². The summed E-state index contributed by atoms with van der Waals surface area (Å²) in [5, 5.41) is 40.8. The van der Waals surface area contributed by atoms with Crippen molar-refractivity contribution in [1.82, 2.24) is 9.97 Å². The van der Waals surface area contributed by atoms with Gasteiger partial charge in [0.2, 0.25) is 9.84 Å². The van der Waals surface area contributed by atoms with Gasteiger partial charge < -0.3 is 10.2 Å². The molecule has 0 fully saturated rings. The van der Waals surface area contributed by atoms with E-state index in [9.17, 15) is 44.6 Å². The molecule has 6 rings (SSSR count). The van der Waals surface area contributed by atoms with E-state index in [2.05, 4.69) is 30.4 Å². The minimum absolute atomic E-state index is 0. The van der Waals surface area contributed by atoms with Crippen molar-refractivity contribution in [2.45, 2.75) is 19.6 Å². The van der Waals surface area contributed by atoms with Gasteiger partial charge in [-0.05, 0) is 84.9 Å². The Hall–Kier alpha value is -3.73. The Morgan fingerprint density at radius 1 is 0.529 bits per heavy atom. The zero-order valence-corrected chi connectivity index (χ0v) is 32.8. The Kier molecular flexibility index (Phi) is 12.2. The summed E-state index contributed by atoms with van der Waals surface area (Å²) in [5.41, 5.74) is -1.10. The molecule has 0 aliphatic carbocycles. The Balaban J connectivity index is 0.00000292. The van der Waals surface area contributed by atoms with Crippen molar-refractivity contribution < 1.29 is 104 Å². The average molecular weight is 765 g/mol. The molecule has 0 spiro atoms. The quantitative estimate of drug-likeness (QED) is 0.108. The summed E-state index contributed by atoms with van der Waals surface area (Å²) in [4.78, 5) is 6.34. The maximum absolute atomic E-state index is 13.3. The number of azo groups is 2. The molecule has 21 heteroatoms. The first-order valence-corrected chi connectivity index (χ1v) is 17.9. The number of fused-ring (bicyclic) bond motifs is 2. The second kappa shape index (κ2) is 15.5. The Bertz CT molecular complexity index is 2520. The predicted octanol–water partition coefficient (Wildman–Crippen LogP) is -0.905. The van der Waals surface area contributed by atoms with Crippen LogP contribution in [0.3, 0.4) is 0 Å². The number of rotatable bonds is 8. The van der Waals surface area contributed by atoms with Crippen LogP contribution in [-0.2, 0) is 30.1 Å². The van der Waals surface area contributed by atoms with Crippen molar-refractivity contribution in [1.29, 1.82) is 0 Å². The summed E-state index contributed by atoms with van der Waals surface area (Å²) >= 11 is 0. The number of hydrogen-bond acceptors (Lipinski definition) is 14. The standard InChI is InChI=1S/C30H20N6O10S3.2Na/c37-29-23(15-25(48(41,42)43)21-3-1-13-31-27(21)29)35-33-17-5-9-19(10-6-17)47(39,40)20-11-7-18(8-12-20)34-36-24-16-26(49(44,45)46)22-4-2-14-32-28(22)30(24)38;;/h1-16,37-38H,(H,41,42,43)(H,44,45,46);;/q;2*+1/p-2. The van der Waals surface area contributed by atoms with E-state index >= 15 is 0 Å². The van der Waals surface area contributed by atoms with E-state index in [0.29, 0.717) is 0 Å². The van der Waals surface area contributed by atoms with Gasteiger partial charge in [-0.3, -0.25) is 19.1 Å². The van der Waals surface area contributed by atoms with Gasteiger partial charge in [-0.2, -0.15) is 37.3 Å². The molecule has 0 aliphatic heterocycles. The van der Waals surface area contributed by atoms with Gasteiger partial charge in [0.25, 0.3) is 20.2 Å². The summed E-state index contributed by atoms with van der Waals surface area (Å²) in [6, 6.07) is 17.3. The summed E-state index contributed by atoms with van der Waals surface area (Å²) < 4.78 is 93.3. The van der Waals surface area contributed by atoms with Crippen LogP contribution in [-0.4, -0.2) is 44.3 Å². The van der Waals surface area contributed by atoms with Crippen LogP contribution >= 0.6 is 0 Å². The Morgan fingerprint density at radius 3 is 1.22 bits per heavy atom. The molecule has 0 saturated carbocycles. The normalized spacial score (nSPS) is 12.3. The molecule has 2 N–H and O–H groups in total. The van der Waals surface area contributed by atoms with Gasteiger partial charge in [-0.25, -0.2) is 8.42 Å². The van der Waals surface area contributed by atoms with Crippen molar-refractivity contribution >= 4 is 74.6 Å². The molecule has 248 valence electrons. The van der Waals surface area contributed by atoms with E-state index in [-0.39, 0.29) is 102 Å². The number of sulfone groups is 1. The molecule has 0 bridgehead atoms. The molecular weight excluding hydrogens is 747 g/mol. The molecule has 0 atom stereocenters. The van der Waals surface area contributed by atoms with Crippen LogP contribution in [0, 0.1) is 0 Å². The maximum atomic E-state index is 13.3. The van der Waals surface area contributed by atoms with Crippen LogP contribution in [0.25, 0.3) is 21.8 Å². The van der Waals surface area contributed by atoms with Gasteiger partial charge in [-0.1, -0.05) is 11.5 Å². The van der Waals surface area contributed by atoms with E-state index in [4.69, 9.17) is 0 Å². The van der Waals surface area contributed by atoms with Gasteiger partial charge in [0, 0.05) is 23.2 Å². The minimum Gasteiger partial charge on any atom is -0.869 e. The van der Waals surface area contributed by atoms with Gasteiger partial charge >= 0.3 is 59.1 Å². The van der Waals surface area contributed by atoms with E-state index in [1.54, 1.807) is 0 Å². The molecule has 2 aromatic heterocycles. The van der Waals surface area contributed by atoms with Crippen molar-refractivity contribution in [2.24, 2.45) is 20.5 Å². The number of aromatic nitrogens is 2. The zero-order chi connectivity index (χ0) is 35.1. The van der Waals surface area contributed by atoms with Crippen molar-refractivity contribution in [3.8, 4) is 11.5 Å². The van der Waals surface area contributed by atoms with Gasteiger partial charge in [0.1, 0.15) is 9.79 Å². The third-order valence-corrected chi connectivity index (χ3v) is 10.5. The molecule has 0 aliphatic rings. The van der Waals surface area contributed by atoms with Crippen molar-refractivity contribution in [3.05, 3.63) is 97.3 Å². The first-order valence-electron chi connectivity index (χ1n) is 13.6. The molecule has 16 nitrogen and oxygen atoms in total.